The number of hydrogen-bond donors (Lipinski definition) is 5. The van der Waals surface area contributed by atoms with Gasteiger partial charge in [0.05, 0.1) is 22.9 Å². The molecular formula is C24H23ClN8O9S3. The van der Waals surface area contributed by atoms with Crippen molar-refractivity contribution in [3.8, 4) is 0 Å². The van der Waals surface area contributed by atoms with E-state index in [2.05, 4.69) is 40.0 Å². The molecule has 0 saturated carbocycles. The molecule has 0 bridgehead atoms. The highest BCUT2D eigenvalue weighted by Gasteiger charge is 2.23. The summed E-state index contributed by atoms with van der Waals surface area (Å²) in [7, 11) is -14.2. The van der Waals surface area contributed by atoms with Crippen molar-refractivity contribution in [2.45, 2.75) is 16.7 Å². The molecule has 1 aromatic heterocycles. The smallest absolute Gasteiger partial charge is 0.397 e. The van der Waals surface area contributed by atoms with Gasteiger partial charge < -0.3 is 16.4 Å². The zero-order valence-electron chi connectivity index (χ0n) is 22.9. The first kappa shape index (κ1) is 33.6. The minimum atomic E-state index is -5.01. The van der Waals surface area contributed by atoms with E-state index in [1.165, 1.54) is 18.2 Å². The van der Waals surface area contributed by atoms with Gasteiger partial charge in [0.1, 0.15) is 16.3 Å². The fraction of sp³-hybridized carbons (Fsp3) is 0.125. The molecule has 45 heavy (non-hydrogen) atoms. The summed E-state index contributed by atoms with van der Waals surface area (Å²) in [5.41, 5.74) is 8.04. The van der Waals surface area contributed by atoms with Crippen molar-refractivity contribution < 1.29 is 38.5 Å². The Balaban J connectivity index is 1.53. The summed E-state index contributed by atoms with van der Waals surface area (Å²) < 4.78 is 92.6. The van der Waals surface area contributed by atoms with Gasteiger partial charge in [-0.3, -0.25) is 9.11 Å². The number of nitrogens with one attached hydrogen (secondary N) is 2. The minimum absolute atomic E-state index is 0.0772. The molecule has 0 spiro atoms. The summed E-state index contributed by atoms with van der Waals surface area (Å²) in [5.74, 6) is -0.660. The van der Waals surface area contributed by atoms with E-state index < -0.39 is 58.2 Å². The second-order valence-electron chi connectivity index (χ2n) is 9.01. The first-order chi connectivity index (χ1) is 21.0. The van der Waals surface area contributed by atoms with E-state index in [0.29, 0.717) is 11.8 Å². The molecule has 0 aliphatic rings. The van der Waals surface area contributed by atoms with Gasteiger partial charge in [-0.1, -0.05) is 17.7 Å². The molecule has 6 N–H and O–H groups in total. The Morgan fingerprint density at radius 3 is 2.00 bits per heavy atom. The number of nitrogens with two attached hydrogens (primary N) is 1. The number of sulfone groups is 1. The van der Waals surface area contributed by atoms with Crippen molar-refractivity contribution >= 4 is 82.3 Å². The molecule has 238 valence electrons. The molecule has 0 saturated heterocycles. The molecule has 4 rings (SSSR count). The standard InChI is InChI=1S/C24H23ClN8O9S3/c1-14-2-4-15(5-3-14)27-23-29-22(25)30-24(31-23)28-16-6-8-19(18(26)12-16)32-33-20-9-7-17(13-21(20)44(36,37)38)43(34,35)11-10-42-45(39,40)41/h2-9,12-13H,10-11,26H2,1H3,(H,36,37,38)(H,39,40,41)(H2,27,28,29,30,31). The Morgan fingerprint density at radius 2 is 1.40 bits per heavy atom. The van der Waals surface area contributed by atoms with E-state index in [0.717, 1.165) is 23.4 Å². The van der Waals surface area contributed by atoms with Gasteiger partial charge in [-0.25, -0.2) is 12.6 Å². The number of halogens is 1. The summed E-state index contributed by atoms with van der Waals surface area (Å²) in [6.45, 7) is 1.01. The number of rotatable bonds is 12. The zero-order chi connectivity index (χ0) is 33.0. The summed E-state index contributed by atoms with van der Waals surface area (Å²) in [4.78, 5) is 10.9. The summed E-state index contributed by atoms with van der Waals surface area (Å²) in [5, 5.41) is 13.6. The Kier molecular flexibility index (Phi) is 9.97. The topological polar surface area (TPSA) is 266 Å². The summed E-state index contributed by atoms with van der Waals surface area (Å²) >= 11 is 6.06. The number of anilines is 5. The number of nitrogen functional groups attached to an aromatic ring is 1. The van der Waals surface area contributed by atoms with Gasteiger partial charge in [0, 0.05) is 11.4 Å². The Labute approximate surface area is 262 Å². The lowest BCUT2D eigenvalue weighted by molar-refractivity contribution is 0.284. The van der Waals surface area contributed by atoms with Crippen LogP contribution in [-0.2, 0) is 34.5 Å². The van der Waals surface area contributed by atoms with Crippen LogP contribution in [0.2, 0.25) is 5.28 Å². The molecular weight excluding hydrogens is 676 g/mol. The molecule has 3 aromatic carbocycles. The highest BCUT2D eigenvalue weighted by Crippen LogP contribution is 2.32. The lowest BCUT2D eigenvalue weighted by Crippen LogP contribution is -2.16. The maximum Gasteiger partial charge on any atom is 0.397 e. The van der Waals surface area contributed by atoms with Gasteiger partial charge in [0.2, 0.25) is 17.2 Å². The second-order valence-corrected chi connectivity index (χ2v) is 13.9. The summed E-state index contributed by atoms with van der Waals surface area (Å²) in [6, 6.07) is 14.5. The predicted octanol–water partition coefficient (Wildman–Crippen LogP) is 4.16. The van der Waals surface area contributed by atoms with Crippen molar-refractivity contribution in [1.29, 1.82) is 0 Å². The van der Waals surface area contributed by atoms with Crippen LogP contribution >= 0.6 is 11.6 Å². The number of aromatic nitrogens is 3. The van der Waals surface area contributed by atoms with Gasteiger partial charge in [-0.15, -0.1) is 10.2 Å². The molecule has 4 aromatic rings. The number of aryl methyl sites for hydroxylation is 1. The average molecular weight is 699 g/mol. The number of nitrogens with zero attached hydrogens (tertiary/aromatic N) is 5. The largest absolute Gasteiger partial charge is 0.397 e. The highest BCUT2D eigenvalue weighted by molar-refractivity contribution is 7.91. The third-order valence-electron chi connectivity index (χ3n) is 5.62. The van der Waals surface area contributed by atoms with E-state index in [9.17, 15) is 29.8 Å². The van der Waals surface area contributed by atoms with Crippen LogP contribution in [0.1, 0.15) is 5.56 Å². The van der Waals surface area contributed by atoms with Gasteiger partial charge >= 0.3 is 10.4 Å². The van der Waals surface area contributed by atoms with E-state index >= 15 is 0 Å². The normalized spacial score (nSPS) is 12.4. The van der Waals surface area contributed by atoms with Gasteiger partial charge in [-0.2, -0.15) is 31.8 Å². The van der Waals surface area contributed by atoms with Gasteiger partial charge in [0.15, 0.2) is 9.84 Å². The third kappa shape index (κ3) is 9.59. The first-order valence-electron chi connectivity index (χ1n) is 12.3. The van der Waals surface area contributed by atoms with Crippen LogP contribution in [0.5, 0.6) is 0 Å². The van der Waals surface area contributed by atoms with Crippen molar-refractivity contribution in [3.05, 3.63) is 71.5 Å². The molecule has 0 amide bonds. The van der Waals surface area contributed by atoms with Crippen LogP contribution in [0.25, 0.3) is 0 Å². The van der Waals surface area contributed by atoms with Crippen LogP contribution in [0, 0.1) is 6.92 Å². The van der Waals surface area contributed by atoms with Crippen molar-refractivity contribution in [1.82, 2.24) is 15.0 Å². The fourth-order valence-electron chi connectivity index (χ4n) is 3.53. The van der Waals surface area contributed by atoms with Crippen LogP contribution in [-0.4, -0.2) is 61.7 Å². The molecule has 0 unspecified atom stereocenters. The first-order valence-corrected chi connectivity index (χ1v) is 17.1. The third-order valence-corrected chi connectivity index (χ3v) is 8.81. The van der Waals surface area contributed by atoms with Crippen LogP contribution < -0.4 is 16.4 Å². The van der Waals surface area contributed by atoms with Crippen molar-refractivity contribution in [2.75, 3.05) is 28.7 Å². The van der Waals surface area contributed by atoms with E-state index in [1.807, 2.05) is 31.2 Å². The van der Waals surface area contributed by atoms with Crippen LogP contribution in [0.3, 0.4) is 0 Å². The average Bonchev–Trinajstić information content (AvgIpc) is 2.92. The lowest BCUT2D eigenvalue weighted by atomic mass is 10.2. The Hall–Kier alpha value is -4.31. The molecule has 0 atom stereocenters. The Morgan fingerprint density at radius 1 is 0.822 bits per heavy atom. The molecule has 0 aliphatic heterocycles. The number of azo groups is 1. The van der Waals surface area contributed by atoms with E-state index in [1.54, 1.807) is 0 Å². The predicted molar refractivity (Wildman–Crippen MR) is 163 cm³/mol. The van der Waals surface area contributed by atoms with E-state index in [-0.39, 0.29) is 28.6 Å². The molecule has 17 nitrogen and oxygen atoms in total. The summed E-state index contributed by atoms with van der Waals surface area (Å²) in [6.07, 6.45) is 0. The van der Waals surface area contributed by atoms with Crippen LogP contribution in [0.4, 0.5) is 40.3 Å². The van der Waals surface area contributed by atoms with Crippen LogP contribution in [0.15, 0.2) is 80.7 Å². The zero-order valence-corrected chi connectivity index (χ0v) is 26.1. The SMILES string of the molecule is Cc1ccc(Nc2nc(Cl)nc(Nc3ccc(N=Nc4ccc(S(=O)(=O)CCOS(=O)(=O)O)cc4S(=O)(=O)O)c(N)c3)n2)cc1. The molecule has 1 heterocycles. The quantitative estimate of drug-likeness (QED) is 0.0789. The molecule has 0 fully saturated rings. The minimum Gasteiger partial charge on any atom is -0.397 e. The second kappa shape index (κ2) is 13.4. The monoisotopic (exact) mass is 698 g/mol. The number of benzene rings is 3. The Bertz CT molecular complexity index is 2100. The van der Waals surface area contributed by atoms with Gasteiger partial charge in [0.25, 0.3) is 10.1 Å². The molecule has 0 aliphatic carbocycles. The van der Waals surface area contributed by atoms with E-state index in [4.69, 9.17) is 21.9 Å². The maximum absolute atomic E-state index is 12.5. The lowest BCUT2D eigenvalue weighted by Gasteiger charge is -2.10. The van der Waals surface area contributed by atoms with Gasteiger partial charge in [-0.05, 0) is 67.1 Å². The molecule has 21 heteroatoms. The maximum atomic E-state index is 12.5. The fourth-order valence-corrected chi connectivity index (χ4v) is 5.93. The van der Waals surface area contributed by atoms with Crippen molar-refractivity contribution in [2.24, 2.45) is 10.2 Å². The molecule has 0 radical (unpaired) electrons. The van der Waals surface area contributed by atoms with Crippen molar-refractivity contribution in [3.63, 3.8) is 0 Å². The highest BCUT2D eigenvalue weighted by atomic mass is 35.5. The number of hydrogen-bond acceptors (Lipinski definition) is 15.